The second-order valence-corrected chi connectivity index (χ2v) is 4.02. The SMILES string of the molecule is CC(=O)ON1CSC(=S)N(C)C1. The molecule has 1 aliphatic heterocycles. The molecule has 1 fully saturated rings. The van der Waals surface area contributed by atoms with E-state index in [1.807, 2.05) is 11.9 Å². The predicted molar refractivity (Wildman–Crippen MR) is 51.3 cm³/mol. The molecular weight excluding hydrogens is 196 g/mol. The summed E-state index contributed by atoms with van der Waals surface area (Å²) in [5, 5.41) is 1.57. The van der Waals surface area contributed by atoms with Gasteiger partial charge in [-0.2, -0.15) is 0 Å². The summed E-state index contributed by atoms with van der Waals surface area (Å²) in [5.41, 5.74) is 0. The van der Waals surface area contributed by atoms with Gasteiger partial charge in [-0.15, -0.1) is 5.06 Å². The third-order valence-electron chi connectivity index (χ3n) is 1.27. The van der Waals surface area contributed by atoms with Gasteiger partial charge >= 0.3 is 5.97 Å². The highest BCUT2D eigenvalue weighted by Crippen LogP contribution is 2.16. The number of nitrogens with zero attached hydrogens (tertiary/aromatic N) is 2. The van der Waals surface area contributed by atoms with Gasteiger partial charge in [0, 0.05) is 14.0 Å². The lowest BCUT2D eigenvalue weighted by Crippen LogP contribution is -2.43. The number of hydrogen-bond donors (Lipinski definition) is 0. The van der Waals surface area contributed by atoms with E-state index in [1.54, 1.807) is 5.06 Å². The fourth-order valence-corrected chi connectivity index (χ4v) is 1.69. The Kier molecular flexibility index (Phi) is 3.30. The van der Waals surface area contributed by atoms with E-state index < -0.39 is 0 Å². The van der Waals surface area contributed by atoms with Crippen molar-refractivity contribution in [3.63, 3.8) is 0 Å². The highest BCUT2D eigenvalue weighted by Gasteiger charge is 2.20. The van der Waals surface area contributed by atoms with E-state index in [4.69, 9.17) is 17.1 Å². The zero-order chi connectivity index (χ0) is 9.14. The summed E-state index contributed by atoms with van der Waals surface area (Å²) in [6.45, 7) is 1.93. The van der Waals surface area contributed by atoms with Gasteiger partial charge in [0.1, 0.15) is 11.0 Å². The van der Waals surface area contributed by atoms with Crippen LogP contribution in [0.5, 0.6) is 0 Å². The van der Waals surface area contributed by atoms with Crippen molar-refractivity contribution >= 4 is 34.3 Å². The molecule has 0 aromatic heterocycles. The maximum atomic E-state index is 10.6. The molecule has 0 radical (unpaired) electrons. The Morgan fingerprint density at radius 1 is 1.75 bits per heavy atom. The highest BCUT2D eigenvalue weighted by molar-refractivity contribution is 8.22. The normalized spacial score (nSPS) is 19.5. The first-order valence-electron chi connectivity index (χ1n) is 3.41. The van der Waals surface area contributed by atoms with Crippen LogP contribution in [-0.2, 0) is 9.63 Å². The molecule has 0 unspecified atom stereocenters. The van der Waals surface area contributed by atoms with Crippen LogP contribution in [0, 0.1) is 0 Å². The van der Waals surface area contributed by atoms with Crippen LogP contribution in [0.25, 0.3) is 0 Å². The van der Waals surface area contributed by atoms with E-state index in [9.17, 15) is 4.79 Å². The quantitative estimate of drug-likeness (QED) is 0.586. The predicted octanol–water partition coefficient (Wildman–Crippen LogP) is 0.645. The van der Waals surface area contributed by atoms with Gasteiger partial charge in [-0.3, -0.25) is 4.79 Å². The molecule has 0 aromatic carbocycles. The first kappa shape index (κ1) is 9.76. The molecule has 0 spiro atoms. The summed E-state index contributed by atoms with van der Waals surface area (Å²) >= 11 is 6.50. The Morgan fingerprint density at radius 2 is 2.42 bits per heavy atom. The van der Waals surface area contributed by atoms with Crippen LogP contribution in [0.1, 0.15) is 6.92 Å². The summed E-state index contributed by atoms with van der Waals surface area (Å²) in [5.74, 6) is 0.319. The number of hydroxylamine groups is 2. The molecule has 0 aliphatic carbocycles. The summed E-state index contributed by atoms with van der Waals surface area (Å²) in [6, 6.07) is 0. The molecule has 6 heteroatoms. The van der Waals surface area contributed by atoms with Gasteiger partial charge in [0.2, 0.25) is 0 Å². The van der Waals surface area contributed by atoms with Gasteiger partial charge in [-0.05, 0) is 0 Å². The summed E-state index contributed by atoms with van der Waals surface area (Å²) in [4.78, 5) is 17.3. The molecule has 1 rings (SSSR count). The van der Waals surface area contributed by atoms with Crippen molar-refractivity contribution in [2.75, 3.05) is 19.6 Å². The van der Waals surface area contributed by atoms with Crippen molar-refractivity contribution in [2.24, 2.45) is 0 Å². The van der Waals surface area contributed by atoms with E-state index in [1.165, 1.54) is 18.7 Å². The van der Waals surface area contributed by atoms with E-state index in [-0.39, 0.29) is 5.97 Å². The van der Waals surface area contributed by atoms with Gasteiger partial charge in [0.05, 0.1) is 5.88 Å². The Morgan fingerprint density at radius 3 is 2.92 bits per heavy atom. The summed E-state index contributed by atoms with van der Waals surface area (Å²) in [7, 11) is 1.87. The second kappa shape index (κ2) is 4.06. The van der Waals surface area contributed by atoms with Gasteiger partial charge in [0.15, 0.2) is 0 Å². The van der Waals surface area contributed by atoms with Crippen LogP contribution >= 0.6 is 24.0 Å². The Hall–Kier alpha value is -0.330. The van der Waals surface area contributed by atoms with E-state index >= 15 is 0 Å². The number of carbonyl (C=O) groups excluding carboxylic acids is 1. The Balaban J connectivity index is 2.40. The Bertz CT molecular complexity index is 210. The smallest absolute Gasteiger partial charge is 0.322 e. The summed E-state index contributed by atoms with van der Waals surface area (Å²) < 4.78 is 0.832. The zero-order valence-corrected chi connectivity index (χ0v) is 8.57. The third kappa shape index (κ3) is 2.62. The van der Waals surface area contributed by atoms with E-state index in [0.29, 0.717) is 12.5 Å². The standard InChI is InChI=1S/C6H10N2O2S2/c1-5(9)10-8-3-7(2)6(11)12-4-8/h3-4H2,1-2H3. The van der Waals surface area contributed by atoms with Crippen molar-refractivity contribution in [1.29, 1.82) is 0 Å². The molecule has 12 heavy (non-hydrogen) atoms. The number of thiocarbonyl (C=S) groups is 1. The van der Waals surface area contributed by atoms with Crippen molar-refractivity contribution in [2.45, 2.75) is 6.92 Å². The molecule has 0 aromatic rings. The monoisotopic (exact) mass is 206 g/mol. The molecule has 0 atom stereocenters. The first-order chi connectivity index (χ1) is 5.59. The fourth-order valence-electron chi connectivity index (χ4n) is 0.810. The minimum Gasteiger partial charge on any atom is -0.366 e. The van der Waals surface area contributed by atoms with Gasteiger partial charge in [-0.25, -0.2) is 0 Å². The van der Waals surface area contributed by atoms with Crippen LogP contribution in [0.15, 0.2) is 0 Å². The van der Waals surface area contributed by atoms with Crippen molar-refractivity contribution in [1.82, 2.24) is 9.96 Å². The molecular formula is C6H10N2O2S2. The van der Waals surface area contributed by atoms with Crippen LogP contribution in [-0.4, -0.2) is 39.8 Å². The lowest BCUT2D eigenvalue weighted by atomic mass is 10.8. The number of hydrogen-bond acceptors (Lipinski definition) is 5. The van der Waals surface area contributed by atoms with E-state index in [2.05, 4.69) is 0 Å². The fraction of sp³-hybridized carbons (Fsp3) is 0.667. The van der Waals surface area contributed by atoms with Crippen LogP contribution in [0.2, 0.25) is 0 Å². The molecule has 0 N–H and O–H groups in total. The van der Waals surface area contributed by atoms with E-state index in [0.717, 1.165) is 4.32 Å². The van der Waals surface area contributed by atoms with Gasteiger partial charge in [0.25, 0.3) is 0 Å². The molecule has 68 valence electrons. The van der Waals surface area contributed by atoms with Crippen LogP contribution in [0.3, 0.4) is 0 Å². The molecule has 4 nitrogen and oxygen atoms in total. The maximum Gasteiger partial charge on any atom is 0.322 e. The highest BCUT2D eigenvalue weighted by atomic mass is 32.2. The van der Waals surface area contributed by atoms with Crippen molar-refractivity contribution in [3.05, 3.63) is 0 Å². The Labute approximate surface area is 80.8 Å². The second-order valence-electron chi connectivity index (χ2n) is 2.44. The molecule has 0 saturated carbocycles. The van der Waals surface area contributed by atoms with Crippen molar-refractivity contribution in [3.8, 4) is 0 Å². The van der Waals surface area contributed by atoms with Crippen molar-refractivity contribution < 1.29 is 9.63 Å². The summed E-state index contributed by atoms with van der Waals surface area (Å²) in [6.07, 6.45) is 0. The molecule has 1 aliphatic rings. The number of thioether (sulfide) groups is 1. The maximum absolute atomic E-state index is 10.6. The minimum absolute atomic E-state index is 0.295. The minimum atomic E-state index is -0.295. The molecule has 1 heterocycles. The van der Waals surface area contributed by atoms with Crippen LogP contribution < -0.4 is 0 Å². The average Bonchev–Trinajstić information content (AvgIpc) is 1.96. The zero-order valence-electron chi connectivity index (χ0n) is 6.94. The molecule has 0 bridgehead atoms. The molecule has 1 saturated heterocycles. The lowest BCUT2D eigenvalue weighted by molar-refractivity contribution is -0.188. The van der Waals surface area contributed by atoms with Crippen LogP contribution in [0.4, 0.5) is 0 Å². The third-order valence-corrected chi connectivity index (χ3v) is 2.91. The largest absolute Gasteiger partial charge is 0.366 e. The average molecular weight is 206 g/mol. The topological polar surface area (TPSA) is 32.8 Å². The number of carbonyl (C=O) groups is 1. The van der Waals surface area contributed by atoms with Gasteiger partial charge < -0.3 is 9.74 Å². The first-order valence-corrected chi connectivity index (χ1v) is 4.80. The molecule has 0 amide bonds. The number of rotatable bonds is 1. The van der Waals surface area contributed by atoms with Gasteiger partial charge in [-0.1, -0.05) is 24.0 Å². The lowest BCUT2D eigenvalue weighted by Gasteiger charge is -2.32.